The topological polar surface area (TPSA) is 72.9 Å². The number of carbonyl (C=O) groups is 1. The Morgan fingerprint density at radius 3 is 3.08 bits per heavy atom. The van der Waals surface area contributed by atoms with E-state index in [1.54, 1.807) is 6.20 Å². The van der Waals surface area contributed by atoms with Crippen molar-refractivity contribution in [3.63, 3.8) is 0 Å². The van der Waals surface area contributed by atoms with Crippen LogP contribution in [-0.4, -0.2) is 22.2 Å². The maximum Gasteiger partial charge on any atom is 0.231 e. The molecule has 5 heteroatoms. The Morgan fingerprint density at radius 2 is 2.54 bits per heavy atom. The van der Waals surface area contributed by atoms with E-state index in [1.165, 1.54) is 0 Å². The standard InChI is InChI=1S/C8H14N4O/c1-2-12-6-7(4-11-12)3-10-5-8(9)13/h4,6,10H,2-3,5H2,1H3,(H2,9,13). The number of nitrogens with two attached hydrogens (primary N) is 1. The molecule has 1 aromatic rings. The number of hydrogen-bond donors (Lipinski definition) is 2. The first-order valence-electron chi connectivity index (χ1n) is 4.22. The Balaban J connectivity index is 2.32. The number of nitrogens with zero attached hydrogens (tertiary/aromatic N) is 2. The molecule has 1 rings (SSSR count). The van der Waals surface area contributed by atoms with Crippen molar-refractivity contribution in [3.8, 4) is 0 Å². The van der Waals surface area contributed by atoms with Crippen molar-refractivity contribution in [1.29, 1.82) is 0 Å². The van der Waals surface area contributed by atoms with Crippen LogP contribution in [-0.2, 0) is 17.9 Å². The first-order valence-corrected chi connectivity index (χ1v) is 4.22. The molecule has 0 fully saturated rings. The van der Waals surface area contributed by atoms with Crippen LogP contribution in [0.2, 0.25) is 0 Å². The van der Waals surface area contributed by atoms with Gasteiger partial charge in [-0.3, -0.25) is 9.48 Å². The molecule has 1 amide bonds. The molecular weight excluding hydrogens is 168 g/mol. The first kappa shape index (κ1) is 9.73. The second-order valence-electron chi connectivity index (χ2n) is 2.77. The van der Waals surface area contributed by atoms with Crippen LogP contribution in [0.1, 0.15) is 12.5 Å². The molecule has 0 aliphatic carbocycles. The molecule has 13 heavy (non-hydrogen) atoms. The summed E-state index contributed by atoms with van der Waals surface area (Å²) in [5.41, 5.74) is 6.02. The lowest BCUT2D eigenvalue weighted by atomic mass is 10.3. The number of hydrogen-bond acceptors (Lipinski definition) is 3. The molecule has 0 aliphatic rings. The highest BCUT2D eigenvalue weighted by Gasteiger charge is 1.97. The second-order valence-corrected chi connectivity index (χ2v) is 2.77. The maximum absolute atomic E-state index is 10.4. The van der Waals surface area contributed by atoms with E-state index >= 15 is 0 Å². The minimum absolute atomic E-state index is 0.206. The quantitative estimate of drug-likeness (QED) is 0.643. The van der Waals surface area contributed by atoms with E-state index in [-0.39, 0.29) is 12.5 Å². The number of aromatic nitrogens is 2. The lowest BCUT2D eigenvalue weighted by molar-refractivity contribution is -0.117. The predicted octanol–water partition coefficient (Wildman–Crippen LogP) is -0.522. The van der Waals surface area contributed by atoms with Gasteiger partial charge < -0.3 is 11.1 Å². The third-order valence-electron chi connectivity index (χ3n) is 1.64. The van der Waals surface area contributed by atoms with Gasteiger partial charge >= 0.3 is 0 Å². The molecule has 0 radical (unpaired) electrons. The largest absolute Gasteiger partial charge is 0.369 e. The van der Waals surface area contributed by atoms with E-state index in [9.17, 15) is 4.79 Å². The molecule has 0 saturated carbocycles. The highest BCUT2D eigenvalue weighted by Crippen LogP contribution is 1.95. The number of rotatable bonds is 5. The highest BCUT2D eigenvalue weighted by molar-refractivity contribution is 5.75. The SMILES string of the molecule is CCn1cc(CNCC(N)=O)cn1. The van der Waals surface area contributed by atoms with Crippen molar-refractivity contribution in [1.82, 2.24) is 15.1 Å². The van der Waals surface area contributed by atoms with Crippen molar-refractivity contribution in [3.05, 3.63) is 18.0 Å². The monoisotopic (exact) mass is 182 g/mol. The first-order chi connectivity index (χ1) is 6.22. The molecule has 0 atom stereocenters. The third kappa shape index (κ3) is 3.25. The number of carbonyl (C=O) groups excluding carboxylic acids is 1. The smallest absolute Gasteiger partial charge is 0.231 e. The summed E-state index contributed by atoms with van der Waals surface area (Å²) in [5, 5.41) is 7.00. The van der Waals surface area contributed by atoms with Gasteiger partial charge in [0.05, 0.1) is 12.7 Å². The van der Waals surface area contributed by atoms with Crippen molar-refractivity contribution in [2.45, 2.75) is 20.0 Å². The lowest BCUT2D eigenvalue weighted by Gasteiger charge is -1.97. The van der Waals surface area contributed by atoms with Gasteiger partial charge in [0.15, 0.2) is 0 Å². The van der Waals surface area contributed by atoms with Gasteiger partial charge in [-0.15, -0.1) is 0 Å². The number of amides is 1. The molecule has 0 unspecified atom stereocenters. The van der Waals surface area contributed by atoms with Crippen LogP contribution in [0.15, 0.2) is 12.4 Å². The summed E-state index contributed by atoms with van der Waals surface area (Å²) in [4.78, 5) is 10.4. The maximum atomic E-state index is 10.4. The minimum Gasteiger partial charge on any atom is -0.369 e. The van der Waals surface area contributed by atoms with Gasteiger partial charge in [-0.2, -0.15) is 5.10 Å². The molecular formula is C8H14N4O. The van der Waals surface area contributed by atoms with E-state index in [0.717, 1.165) is 12.1 Å². The normalized spacial score (nSPS) is 10.2. The zero-order valence-electron chi connectivity index (χ0n) is 7.66. The van der Waals surface area contributed by atoms with Gasteiger partial charge in [0.1, 0.15) is 0 Å². The van der Waals surface area contributed by atoms with Gasteiger partial charge in [0.25, 0.3) is 0 Å². The Labute approximate surface area is 76.9 Å². The van der Waals surface area contributed by atoms with Gasteiger partial charge in [-0.05, 0) is 6.92 Å². The summed E-state index contributed by atoms with van der Waals surface area (Å²) in [6.45, 7) is 3.71. The van der Waals surface area contributed by atoms with Crippen molar-refractivity contribution >= 4 is 5.91 Å². The summed E-state index contributed by atoms with van der Waals surface area (Å²) in [6, 6.07) is 0. The Morgan fingerprint density at radius 1 is 1.77 bits per heavy atom. The average Bonchev–Trinajstić information content (AvgIpc) is 2.52. The van der Waals surface area contributed by atoms with Gasteiger partial charge in [-0.25, -0.2) is 0 Å². The van der Waals surface area contributed by atoms with Gasteiger partial charge in [0, 0.05) is 24.8 Å². The van der Waals surface area contributed by atoms with E-state index in [1.807, 2.05) is 17.8 Å². The molecule has 0 aromatic carbocycles. The second kappa shape index (κ2) is 4.61. The Kier molecular flexibility index (Phi) is 3.45. The zero-order chi connectivity index (χ0) is 9.68. The molecule has 0 saturated heterocycles. The highest BCUT2D eigenvalue weighted by atomic mass is 16.1. The van der Waals surface area contributed by atoms with Crippen molar-refractivity contribution in [2.75, 3.05) is 6.54 Å². The summed E-state index contributed by atoms with van der Waals surface area (Å²) in [7, 11) is 0. The molecule has 72 valence electrons. The van der Waals surface area contributed by atoms with Crippen molar-refractivity contribution < 1.29 is 4.79 Å². The summed E-state index contributed by atoms with van der Waals surface area (Å²) in [6.07, 6.45) is 3.71. The fraction of sp³-hybridized carbons (Fsp3) is 0.500. The summed E-state index contributed by atoms with van der Waals surface area (Å²) < 4.78 is 1.83. The fourth-order valence-corrected chi connectivity index (χ4v) is 1.00. The van der Waals surface area contributed by atoms with Crippen LogP contribution >= 0.6 is 0 Å². The molecule has 0 spiro atoms. The molecule has 3 N–H and O–H groups in total. The minimum atomic E-state index is -0.345. The van der Waals surface area contributed by atoms with E-state index in [4.69, 9.17) is 5.73 Å². The third-order valence-corrected chi connectivity index (χ3v) is 1.64. The number of nitrogens with one attached hydrogen (secondary N) is 1. The van der Waals surface area contributed by atoms with Crippen LogP contribution in [0.4, 0.5) is 0 Å². The van der Waals surface area contributed by atoms with Crippen LogP contribution in [0, 0.1) is 0 Å². The number of aryl methyl sites for hydroxylation is 1. The van der Waals surface area contributed by atoms with Crippen LogP contribution in [0.3, 0.4) is 0 Å². The lowest BCUT2D eigenvalue weighted by Crippen LogP contribution is -2.27. The van der Waals surface area contributed by atoms with Crippen LogP contribution in [0.25, 0.3) is 0 Å². The van der Waals surface area contributed by atoms with Crippen molar-refractivity contribution in [2.24, 2.45) is 5.73 Å². The summed E-state index contributed by atoms with van der Waals surface area (Å²) in [5.74, 6) is -0.345. The fourth-order valence-electron chi connectivity index (χ4n) is 1.00. The molecule has 0 aliphatic heterocycles. The Hall–Kier alpha value is -1.36. The molecule has 5 nitrogen and oxygen atoms in total. The van der Waals surface area contributed by atoms with Crippen LogP contribution in [0.5, 0.6) is 0 Å². The van der Waals surface area contributed by atoms with E-state index in [2.05, 4.69) is 10.4 Å². The predicted molar refractivity (Wildman–Crippen MR) is 48.8 cm³/mol. The van der Waals surface area contributed by atoms with Gasteiger partial charge in [0.2, 0.25) is 5.91 Å². The van der Waals surface area contributed by atoms with Gasteiger partial charge in [-0.1, -0.05) is 0 Å². The summed E-state index contributed by atoms with van der Waals surface area (Å²) >= 11 is 0. The molecule has 1 aromatic heterocycles. The zero-order valence-corrected chi connectivity index (χ0v) is 7.66. The van der Waals surface area contributed by atoms with E-state index in [0.29, 0.717) is 6.54 Å². The Bertz CT molecular complexity index is 281. The van der Waals surface area contributed by atoms with Crippen LogP contribution < -0.4 is 11.1 Å². The number of primary amides is 1. The molecule has 1 heterocycles. The molecule has 0 bridgehead atoms. The average molecular weight is 182 g/mol. The van der Waals surface area contributed by atoms with E-state index < -0.39 is 0 Å².